The van der Waals surface area contributed by atoms with E-state index in [-0.39, 0.29) is 5.91 Å². The van der Waals surface area contributed by atoms with Gasteiger partial charge in [-0.3, -0.25) is 4.79 Å². The minimum Gasteiger partial charge on any atom is -0.496 e. The van der Waals surface area contributed by atoms with Gasteiger partial charge in [-0.2, -0.15) is 0 Å². The van der Waals surface area contributed by atoms with Crippen molar-refractivity contribution in [1.29, 1.82) is 0 Å². The molecule has 0 radical (unpaired) electrons. The van der Waals surface area contributed by atoms with Crippen LogP contribution in [0.3, 0.4) is 0 Å². The smallest absolute Gasteiger partial charge is 0.275 e. The van der Waals surface area contributed by atoms with Gasteiger partial charge in [0.05, 0.1) is 7.11 Å². The number of aliphatic imine (C=N–C) groups is 1. The summed E-state index contributed by atoms with van der Waals surface area (Å²) in [5, 5.41) is 2.88. The highest BCUT2D eigenvalue weighted by molar-refractivity contribution is 6.14. The SMILES string of the molecule is COc1ccccc1CCC1=N/C(=C\c2c(C)cc(C)cc2C)C(=O)N1. The van der Waals surface area contributed by atoms with E-state index in [4.69, 9.17) is 4.74 Å². The van der Waals surface area contributed by atoms with Crippen LogP contribution in [-0.2, 0) is 11.2 Å². The Kier molecular flexibility index (Phi) is 5.21. The zero-order chi connectivity index (χ0) is 18.7. The van der Waals surface area contributed by atoms with Crippen LogP contribution in [0.15, 0.2) is 47.1 Å². The van der Waals surface area contributed by atoms with Gasteiger partial charge in [0.2, 0.25) is 0 Å². The monoisotopic (exact) mass is 348 g/mol. The molecule has 1 heterocycles. The highest BCUT2D eigenvalue weighted by atomic mass is 16.5. The van der Waals surface area contributed by atoms with Crippen molar-refractivity contribution in [3.8, 4) is 5.75 Å². The molecule has 0 aromatic heterocycles. The first-order valence-corrected chi connectivity index (χ1v) is 8.78. The molecule has 2 aromatic carbocycles. The number of ether oxygens (including phenoxy) is 1. The van der Waals surface area contributed by atoms with E-state index in [1.54, 1.807) is 7.11 Å². The number of hydrogen-bond acceptors (Lipinski definition) is 3. The molecule has 0 fully saturated rings. The summed E-state index contributed by atoms with van der Waals surface area (Å²) in [7, 11) is 1.67. The molecule has 1 amide bonds. The number of amides is 1. The molecule has 134 valence electrons. The Morgan fingerprint density at radius 1 is 1.08 bits per heavy atom. The van der Waals surface area contributed by atoms with Gasteiger partial charge in [0.1, 0.15) is 17.3 Å². The Hall–Kier alpha value is -2.88. The van der Waals surface area contributed by atoms with E-state index >= 15 is 0 Å². The minimum atomic E-state index is -0.139. The minimum absolute atomic E-state index is 0.139. The number of amidine groups is 1. The second kappa shape index (κ2) is 7.56. The fourth-order valence-electron chi connectivity index (χ4n) is 3.35. The van der Waals surface area contributed by atoms with E-state index in [1.807, 2.05) is 30.3 Å². The van der Waals surface area contributed by atoms with E-state index in [1.165, 1.54) is 5.56 Å². The Balaban J connectivity index is 1.79. The van der Waals surface area contributed by atoms with Gasteiger partial charge < -0.3 is 10.1 Å². The van der Waals surface area contributed by atoms with E-state index < -0.39 is 0 Å². The van der Waals surface area contributed by atoms with Crippen LogP contribution in [-0.4, -0.2) is 18.9 Å². The molecule has 1 aliphatic rings. The Labute approximate surface area is 154 Å². The zero-order valence-corrected chi connectivity index (χ0v) is 15.7. The number of benzene rings is 2. The quantitative estimate of drug-likeness (QED) is 0.826. The summed E-state index contributed by atoms with van der Waals surface area (Å²) in [6, 6.07) is 12.2. The van der Waals surface area contributed by atoms with Crippen LogP contribution in [0, 0.1) is 20.8 Å². The molecule has 4 heteroatoms. The number of carbonyl (C=O) groups excluding carboxylic acids is 1. The highest BCUT2D eigenvalue weighted by Crippen LogP contribution is 2.23. The lowest BCUT2D eigenvalue weighted by molar-refractivity contribution is -0.115. The normalized spacial score (nSPS) is 15.2. The maximum Gasteiger partial charge on any atom is 0.275 e. The van der Waals surface area contributed by atoms with Crippen molar-refractivity contribution in [2.24, 2.45) is 4.99 Å². The molecule has 3 rings (SSSR count). The second-order valence-electron chi connectivity index (χ2n) is 6.67. The van der Waals surface area contributed by atoms with Gasteiger partial charge in [-0.15, -0.1) is 0 Å². The van der Waals surface area contributed by atoms with Gasteiger partial charge in [-0.1, -0.05) is 35.9 Å². The molecule has 1 aliphatic heterocycles. The zero-order valence-electron chi connectivity index (χ0n) is 15.7. The van der Waals surface area contributed by atoms with Gasteiger partial charge in [0.25, 0.3) is 5.91 Å². The van der Waals surface area contributed by atoms with Gasteiger partial charge in [0, 0.05) is 6.42 Å². The molecule has 2 aromatic rings. The van der Waals surface area contributed by atoms with Gasteiger partial charge in [-0.25, -0.2) is 4.99 Å². The van der Waals surface area contributed by atoms with Crippen LogP contribution in [0.1, 0.15) is 34.2 Å². The lowest BCUT2D eigenvalue weighted by atomic mass is 9.99. The van der Waals surface area contributed by atoms with Crippen LogP contribution in [0.2, 0.25) is 0 Å². The average molecular weight is 348 g/mol. The van der Waals surface area contributed by atoms with Crippen molar-refractivity contribution < 1.29 is 9.53 Å². The Bertz CT molecular complexity index is 887. The van der Waals surface area contributed by atoms with Crippen molar-refractivity contribution in [3.05, 3.63) is 69.9 Å². The van der Waals surface area contributed by atoms with Crippen LogP contribution in [0.5, 0.6) is 5.75 Å². The highest BCUT2D eigenvalue weighted by Gasteiger charge is 2.20. The predicted octanol–water partition coefficient (Wildman–Crippen LogP) is 4.12. The average Bonchev–Trinajstić information content (AvgIpc) is 2.96. The lowest BCUT2D eigenvalue weighted by Gasteiger charge is -2.07. The molecule has 26 heavy (non-hydrogen) atoms. The van der Waals surface area contributed by atoms with Crippen molar-refractivity contribution >= 4 is 17.8 Å². The molecular weight excluding hydrogens is 324 g/mol. The maximum absolute atomic E-state index is 12.3. The summed E-state index contributed by atoms with van der Waals surface area (Å²) in [6.07, 6.45) is 3.31. The van der Waals surface area contributed by atoms with Crippen LogP contribution in [0.4, 0.5) is 0 Å². The van der Waals surface area contributed by atoms with Crippen molar-refractivity contribution in [1.82, 2.24) is 5.32 Å². The predicted molar refractivity (Wildman–Crippen MR) is 106 cm³/mol. The summed E-state index contributed by atoms with van der Waals surface area (Å²) in [4.78, 5) is 16.8. The molecule has 0 saturated heterocycles. The fourth-order valence-corrected chi connectivity index (χ4v) is 3.35. The van der Waals surface area contributed by atoms with Crippen molar-refractivity contribution in [3.63, 3.8) is 0 Å². The molecule has 0 bridgehead atoms. The number of para-hydroxylation sites is 1. The van der Waals surface area contributed by atoms with Crippen LogP contribution >= 0.6 is 0 Å². The topological polar surface area (TPSA) is 50.7 Å². The number of aryl methyl sites for hydroxylation is 4. The lowest BCUT2D eigenvalue weighted by Crippen LogP contribution is -2.24. The Morgan fingerprint density at radius 2 is 1.77 bits per heavy atom. The largest absolute Gasteiger partial charge is 0.496 e. The number of nitrogens with zero attached hydrogens (tertiary/aromatic N) is 1. The van der Waals surface area contributed by atoms with E-state index in [9.17, 15) is 4.79 Å². The van der Waals surface area contributed by atoms with E-state index in [0.717, 1.165) is 34.4 Å². The first-order chi connectivity index (χ1) is 12.5. The summed E-state index contributed by atoms with van der Waals surface area (Å²) in [5.41, 5.74) is 6.17. The summed E-state index contributed by atoms with van der Waals surface area (Å²) >= 11 is 0. The third kappa shape index (κ3) is 3.85. The van der Waals surface area contributed by atoms with Crippen LogP contribution in [0.25, 0.3) is 6.08 Å². The Morgan fingerprint density at radius 3 is 2.46 bits per heavy atom. The van der Waals surface area contributed by atoms with Crippen molar-refractivity contribution in [2.45, 2.75) is 33.6 Å². The maximum atomic E-state index is 12.3. The van der Waals surface area contributed by atoms with E-state index in [2.05, 4.69) is 43.2 Å². The molecule has 0 spiro atoms. The standard InChI is InChI=1S/C22H24N2O2/c1-14-11-15(2)18(16(3)12-14)13-19-22(25)24-21(23-19)10-9-17-7-5-6-8-20(17)26-4/h5-8,11-13H,9-10H2,1-4H3,(H,23,24,25)/b19-13-. The number of hydrogen-bond donors (Lipinski definition) is 1. The summed E-state index contributed by atoms with van der Waals surface area (Å²) < 4.78 is 5.38. The van der Waals surface area contributed by atoms with Gasteiger partial charge >= 0.3 is 0 Å². The van der Waals surface area contributed by atoms with Crippen molar-refractivity contribution in [2.75, 3.05) is 7.11 Å². The molecule has 0 atom stereocenters. The van der Waals surface area contributed by atoms with Gasteiger partial charge in [-0.05, 0) is 61.6 Å². The molecular formula is C22H24N2O2. The number of rotatable bonds is 5. The molecule has 0 unspecified atom stereocenters. The molecule has 1 N–H and O–H groups in total. The van der Waals surface area contributed by atoms with Crippen LogP contribution < -0.4 is 10.1 Å². The molecule has 0 saturated carbocycles. The number of methoxy groups -OCH3 is 1. The third-order valence-electron chi connectivity index (χ3n) is 4.59. The first kappa shape index (κ1) is 17.9. The number of carbonyl (C=O) groups is 1. The van der Waals surface area contributed by atoms with E-state index in [0.29, 0.717) is 18.0 Å². The number of nitrogens with one attached hydrogen (secondary N) is 1. The fraction of sp³-hybridized carbons (Fsp3) is 0.273. The summed E-state index contributed by atoms with van der Waals surface area (Å²) in [6.45, 7) is 6.20. The van der Waals surface area contributed by atoms with Gasteiger partial charge in [0.15, 0.2) is 0 Å². The molecule has 0 aliphatic carbocycles. The third-order valence-corrected chi connectivity index (χ3v) is 4.59. The summed E-state index contributed by atoms with van der Waals surface area (Å²) in [5.74, 6) is 1.42. The first-order valence-electron chi connectivity index (χ1n) is 8.78. The second-order valence-corrected chi connectivity index (χ2v) is 6.67. The molecule has 4 nitrogen and oxygen atoms in total.